The summed E-state index contributed by atoms with van der Waals surface area (Å²) in [7, 11) is 0. The smallest absolute Gasteiger partial charge is 0.120 e. The van der Waals surface area contributed by atoms with Gasteiger partial charge >= 0.3 is 0 Å². The molecule has 1 aromatic rings. The first-order valence-corrected chi connectivity index (χ1v) is 5.05. The predicted octanol–water partition coefficient (Wildman–Crippen LogP) is 2.75. The molecule has 0 aliphatic rings. The van der Waals surface area contributed by atoms with Crippen molar-refractivity contribution in [3.8, 4) is 5.75 Å². The Balaban J connectivity index is 2.88. The molecule has 0 fully saturated rings. The van der Waals surface area contributed by atoms with E-state index in [2.05, 4.69) is 13.8 Å². The van der Waals surface area contributed by atoms with Crippen LogP contribution in [0.15, 0.2) is 18.2 Å². The molecule has 0 aromatic heterocycles. The van der Waals surface area contributed by atoms with Crippen LogP contribution in [0.2, 0.25) is 0 Å². The fourth-order valence-electron chi connectivity index (χ4n) is 1.61. The third-order valence-electron chi connectivity index (χ3n) is 2.31. The molecular formula is C12H19NO. The molecule has 1 rings (SSSR count). The molecule has 0 saturated heterocycles. The number of nitrogens with two attached hydrogens (primary N) is 1. The van der Waals surface area contributed by atoms with Crippen LogP contribution in [-0.2, 0) is 0 Å². The molecule has 0 aliphatic carbocycles. The molecule has 14 heavy (non-hydrogen) atoms. The average molecular weight is 193 g/mol. The van der Waals surface area contributed by atoms with Crippen molar-refractivity contribution in [2.24, 2.45) is 11.7 Å². The van der Waals surface area contributed by atoms with E-state index in [1.54, 1.807) is 6.07 Å². The van der Waals surface area contributed by atoms with E-state index in [1.165, 1.54) is 0 Å². The molecular weight excluding hydrogens is 174 g/mol. The lowest BCUT2D eigenvalue weighted by Gasteiger charge is -2.16. The minimum atomic E-state index is -0.0603. The molecule has 2 nitrogen and oxygen atoms in total. The van der Waals surface area contributed by atoms with Gasteiger partial charge in [0.25, 0.3) is 0 Å². The molecule has 0 radical (unpaired) electrons. The predicted molar refractivity (Wildman–Crippen MR) is 59.2 cm³/mol. The Hall–Kier alpha value is -1.02. The Bertz CT molecular complexity index is 307. The largest absolute Gasteiger partial charge is 0.508 e. The molecule has 3 N–H and O–H groups in total. The molecule has 2 heteroatoms. The SMILES string of the molecule is Cc1ccc(O)c(C(N)CC(C)C)c1. The molecule has 0 bridgehead atoms. The molecule has 1 unspecified atom stereocenters. The summed E-state index contributed by atoms with van der Waals surface area (Å²) in [6, 6.07) is 5.50. The van der Waals surface area contributed by atoms with Crippen LogP contribution in [-0.4, -0.2) is 5.11 Å². The van der Waals surface area contributed by atoms with Crippen LogP contribution in [0.4, 0.5) is 0 Å². The van der Waals surface area contributed by atoms with Crippen molar-refractivity contribution in [1.82, 2.24) is 0 Å². The molecule has 1 atom stereocenters. The highest BCUT2D eigenvalue weighted by Crippen LogP contribution is 2.27. The van der Waals surface area contributed by atoms with Crippen LogP contribution in [0.3, 0.4) is 0 Å². The van der Waals surface area contributed by atoms with Gasteiger partial charge in [-0.15, -0.1) is 0 Å². The first-order chi connectivity index (χ1) is 6.50. The number of rotatable bonds is 3. The maximum atomic E-state index is 9.64. The van der Waals surface area contributed by atoms with E-state index >= 15 is 0 Å². The molecule has 0 saturated carbocycles. The van der Waals surface area contributed by atoms with Crippen molar-refractivity contribution in [2.45, 2.75) is 33.2 Å². The molecule has 0 heterocycles. The number of aryl methyl sites for hydroxylation is 1. The van der Waals surface area contributed by atoms with Gasteiger partial charge < -0.3 is 10.8 Å². The highest BCUT2D eigenvalue weighted by molar-refractivity contribution is 5.37. The Kier molecular flexibility index (Phi) is 3.53. The van der Waals surface area contributed by atoms with Gasteiger partial charge in [-0.1, -0.05) is 31.5 Å². The topological polar surface area (TPSA) is 46.2 Å². The van der Waals surface area contributed by atoms with Gasteiger partial charge in [-0.25, -0.2) is 0 Å². The fourth-order valence-corrected chi connectivity index (χ4v) is 1.61. The van der Waals surface area contributed by atoms with Gasteiger partial charge in [0.05, 0.1) is 0 Å². The number of hydrogen-bond acceptors (Lipinski definition) is 2. The summed E-state index contributed by atoms with van der Waals surface area (Å²) in [6.07, 6.45) is 0.900. The van der Waals surface area contributed by atoms with Gasteiger partial charge in [0.2, 0.25) is 0 Å². The van der Waals surface area contributed by atoms with Crippen molar-refractivity contribution in [3.05, 3.63) is 29.3 Å². The van der Waals surface area contributed by atoms with Gasteiger partial charge in [-0.3, -0.25) is 0 Å². The maximum Gasteiger partial charge on any atom is 0.120 e. The summed E-state index contributed by atoms with van der Waals surface area (Å²) in [5.74, 6) is 0.855. The van der Waals surface area contributed by atoms with Crippen LogP contribution in [0, 0.1) is 12.8 Å². The first kappa shape index (κ1) is 11.1. The zero-order valence-corrected chi connectivity index (χ0v) is 9.12. The van der Waals surface area contributed by atoms with Gasteiger partial charge in [-0.2, -0.15) is 0 Å². The number of aromatic hydroxyl groups is 1. The molecule has 1 aromatic carbocycles. The minimum Gasteiger partial charge on any atom is -0.508 e. The van der Waals surface area contributed by atoms with Crippen LogP contribution in [0.1, 0.15) is 37.4 Å². The van der Waals surface area contributed by atoms with E-state index in [4.69, 9.17) is 5.73 Å². The fraction of sp³-hybridized carbons (Fsp3) is 0.500. The van der Waals surface area contributed by atoms with Crippen LogP contribution < -0.4 is 5.73 Å². The number of hydrogen-bond donors (Lipinski definition) is 2. The normalized spacial score (nSPS) is 13.2. The van der Waals surface area contributed by atoms with Crippen LogP contribution >= 0.6 is 0 Å². The van der Waals surface area contributed by atoms with Crippen LogP contribution in [0.25, 0.3) is 0 Å². The minimum absolute atomic E-state index is 0.0603. The van der Waals surface area contributed by atoms with E-state index in [1.807, 2.05) is 19.1 Å². The number of phenols is 1. The lowest BCUT2D eigenvalue weighted by molar-refractivity contribution is 0.445. The van der Waals surface area contributed by atoms with Gasteiger partial charge in [0.15, 0.2) is 0 Å². The van der Waals surface area contributed by atoms with E-state index in [0.717, 1.165) is 17.5 Å². The van der Waals surface area contributed by atoms with Crippen molar-refractivity contribution in [1.29, 1.82) is 0 Å². The second kappa shape index (κ2) is 4.47. The summed E-state index contributed by atoms with van der Waals surface area (Å²) in [5.41, 5.74) is 8.00. The highest BCUT2D eigenvalue weighted by Gasteiger charge is 2.12. The van der Waals surface area contributed by atoms with Crippen molar-refractivity contribution in [2.75, 3.05) is 0 Å². The second-order valence-corrected chi connectivity index (χ2v) is 4.30. The Morgan fingerprint density at radius 2 is 2.00 bits per heavy atom. The maximum absolute atomic E-state index is 9.64. The van der Waals surface area contributed by atoms with Crippen molar-refractivity contribution < 1.29 is 5.11 Å². The summed E-state index contributed by atoms with van der Waals surface area (Å²) in [5, 5.41) is 9.64. The van der Waals surface area contributed by atoms with E-state index in [0.29, 0.717) is 11.7 Å². The summed E-state index contributed by atoms with van der Waals surface area (Å²) in [6.45, 7) is 6.27. The summed E-state index contributed by atoms with van der Waals surface area (Å²) in [4.78, 5) is 0. The van der Waals surface area contributed by atoms with Crippen molar-refractivity contribution in [3.63, 3.8) is 0 Å². The average Bonchev–Trinajstić information content (AvgIpc) is 2.08. The molecule has 0 amide bonds. The monoisotopic (exact) mass is 193 g/mol. The second-order valence-electron chi connectivity index (χ2n) is 4.30. The first-order valence-electron chi connectivity index (χ1n) is 5.05. The lowest BCUT2D eigenvalue weighted by Crippen LogP contribution is -2.13. The molecule has 78 valence electrons. The third kappa shape index (κ3) is 2.74. The summed E-state index contributed by atoms with van der Waals surface area (Å²) >= 11 is 0. The third-order valence-corrected chi connectivity index (χ3v) is 2.31. The number of phenolic OH excluding ortho intramolecular Hbond substituents is 1. The Morgan fingerprint density at radius 1 is 1.36 bits per heavy atom. The quantitative estimate of drug-likeness (QED) is 0.775. The van der Waals surface area contributed by atoms with Crippen molar-refractivity contribution >= 4 is 0 Å². The van der Waals surface area contributed by atoms with E-state index in [9.17, 15) is 5.11 Å². The van der Waals surface area contributed by atoms with E-state index < -0.39 is 0 Å². The standard InChI is InChI=1S/C12H19NO/c1-8(2)6-11(13)10-7-9(3)4-5-12(10)14/h4-5,7-8,11,14H,6,13H2,1-3H3. The zero-order valence-electron chi connectivity index (χ0n) is 9.12. The zero-order chi connectivity index (χ0) is 10.7. The highest BCUT2D eigenvalue weighted by atomic mass is 16.3. The van der Waals surface area contributed by atoms with Gasteiger partial charge in [0, 0.05) is 11.6 Å². The van der Waals surface area contributed by atoms with E-state index in [-0.39, 0.29) is 6.04 Å². The Morgan fingerprint density at radius 3 is 2.57 bits per heavy atom. The molecule has 0 aliphatic heterocycles. The van der Waals surface area contributed by atoms with Crippen LogP contribution in [0.5, 0.6) is 5.75 Å². The number of benzene rings is 1. The molecule has 0 spiro atoms. The summed E-state index contributed by atoms with van der Waals surface area (Å²) < 4.78 is 0. The lowest BCUT2D eigenvalue weighted by atomic mass is 9.96. The van der Waals surface area contributed by atoms with Gasteiger partial charge in [0.1, 0.15) is 5.75 Å². The Labute approximate surface area is 85.8 Å². The van der Waals surface area contributed by atoms with Gasteiger partial charge in [-0.05, 0) is 25.3 Å².